The maximum Gasteiger partial charge on any atom is 0.237 e. The third kappa shape index (κ3) is 1.93. The lowest BCUT2D eigenvalue weighted by Crippen LogP contribution is -2.35. The van der Waals surface area contributed by atoms with Gasteiger partial charge in [0.25, 0.3) is 0 Å². The topological polar surface area (TPSA) is 46.3 Å². The van der Waals surface area contributed by atoms with Crippen LogP contribution in [0.25, 0.3) is 0 Å². The van der Waals surface area contributed by atoms with E-state index in [1.807, 2.05) is 32.6 Å². The van der Waals surface area contributed by atoms with Crippen molar-refractivity contribution in [2.75, 3.05) is 11.4 Å². The van der Waals surface area contributed by atoms with Gasteiger partial charge < -0.3 is 10.6 Å². The number of rotatable bonds is 3. The number of hydrogen-bond donors (Lipinski definition) is 1. The van der Waals surface area contributed by atoms with Crippen molar-refractivity contribution in [2.24, 2.45) is 5.73 Å². The molecule has 1 aliphatic rings. The van der Waals surface area contributed by atoms with Gasteiger partial charge in [-0.3, -0.25) is 4.79 Å². The summed E-state index contributed by atoms with van der Waals surface area (Å²) < 4.78 is 0. The van der Waals surface area contributed by atoms with E-state index in [4.69, 9.17) is 5.73 Å². The van der Waals surface area contributed by atoms with E-state index in [-0.39, 0.29) is 11.9 Å². The van der Waals surface area contributed by atoms with Crippen molar-refractivity contribution in [3.05, 3.63) is 29.3 Å². The minimum atomic E-state index is -0.417. The van der Waals surface area contributed by atoms with Gasteiger partial charge in [0.05, 0.1) is 5.41 Å². The second-order valence-corrected chi connectivity index (χ2v) is 5.71. The Morgan fingerprint density at radius 3 is 2.61 bits per heavy atom. The van der Waals surface area contributed by atoms with Crippen molar-refractivity contribution < 1.29 is 4.79 Å². The van der Waals surface area contributed by atoms with Gasteiger partial charge >= 0.3 is 0 Å². The number of benzene rings is 1. The molecule has 3 heteroatoms. The van der Waals surface area contributed by atoms with E-state index in [1.165, 1.54) is 5.56 Å². The standard InChI is InChI=1S/C15H22N2O/c1-5-17-13-7-6-11(8-10(2)16)9-12(13)15(3,4)14(17)18/h6-7,9-10H,5,8,16H2,1-4H3. The first-order chi connectivity index (χ1) is 8.37. The summed E-state index contributed by atoms with van der Waals surface area (Å²) in [7, 11) is 0. The number of nitrogens with zero attached hydrogens (tertiary/aromatic N) is 1. The lowest BCUT2D eigenvalue weighted by Gasteiger charge is -2.18. The summed E-state index contributed by atoms with van der Waals surface area (Å²) in [6, 6.07) is 6.43. The van der Waals surface area contributed by atoms with Crippen LogP contribution in [0.1, 0.15) is 38.8 Å². The van der Waals surface area contributed by atoms with E-state index in [2.05, 4.69) is 18.2 Å². The maximum atomic E-state index is 12.3. The number of amides is 1. The predicted molar refractivity (Wildman–Crippen MR) is 74.8 cm³/mol. The first-order valence-electron chi connectivity index (χ1n) is 6.59. The number of likely N-dealkylation sites (N-methyl/N-ethyl adjacent to an activating group) is 1. The molecule has 0 aliphatic carbocycles. The molecule has 1 unspecified atom stereocenters. The van der Waals surface area contributed by atoms with Gasteiger partial charge in [-0.1, -0.05) is 12.1 Å². The van der Waals surface area contributed by atoms with E-state index in [0.717, 1.165) is 24.2 Å². The Bertz CT molecular complexity index is 477. The van der Waals surface area contributed by atoms with E-state index >= 15 is 0 Å². The fraction of sp³-hybridized carbons (Fsp3) is 0.533. The maximum absolute atomic E-state index is 12.3. The molecule has 1 atom stereocenters. The highest BCUT2D eigenvalue weighted by atomic mass is 16.2. The summed E-state index contributed by atoms with van der Waals surface area (Å²) >= 11 is 0. The van der Waals surface area contributed by atoms with E-state index in [9.17, 15) is 4.79 Å². The zero-order valence-electron chi connectivity index (χ0n) is 11.7. The lowest BCUT2D eigenvalue weighted by molar-refractivity contribution is -0.122. The molecule has 2 rings (SSSR count). The summed E-state index contributed by atoms with van der Waals surface area (Å²) in [6.07, 6.45) is 0.851. The van der Waals surface area contributed by atoms with Crippen molar-refractivity contribution in [3.63, 3.8) is 0 Å². The molecule has 1 aromatic rings. The van der Waals surface area contributed by atoms with Gasteiger partial charge in [-0.15, -0.1) is 0 Å². The van der Waals surface area contributed by atoms with Crippen LogP contribution in [0, 0.1) is 0 Å². The molecule has 1 aromatic carbocycles. The fourth-order valence-electron chi connectivity index (χ4n) is 2.69. The molecule has 3 nitrogen and oxygen atoms in total. The molecule has 0 saturated heterocycles. The minimum absolute atomic E-state index is 0.144. The monoisotopic (exact) mass is 246 g/mol. The van der Waals surface area contributed by atoms with Crippen LogP contribution in [0.4, 0.5) is 5.69 Å². The Labute approximate surface area is 109 Å². The van der Waals surface area contributed by atoms with Crippen LogP contribution in [-0.4, -0.2) is 18.5 Å². The van der Waals surface area contributed by atoms with Crippen LogP contribution in [0.2, 0.25) is 0 Å². The van der Waals surface area contributed by atoms with Gasteiger partial charge in [0, 0.05) is 18.3 Å². The number of hydrogen-bond acceptors (Lipinski definition) is 2. The van der Waals surface area contributed by atoms with Crippen molar-refractivity contribution in [1.29, 1.82) is 0 Å². The smallest absolute Gasteiger partial charge is 0.237 e. The van der Waals surface area contributed by atoms with Crippen LogP contribution in [0.15, 0.2) is 18.2 Å². The molecule has 1 amide bonds. The van der Waals surface area contributed by atoms with Gasteiger partial charge in [-0.25, -0.2) is 0 Å². The molecule has 0 bridgehead atoms. The van der Waals surface area contributed by atoms with Crippen molar-refractivity contribution in [1.82, 2.24) is 0 Å². The SMILES string of the molecule is CCN1C(=O)C(C)(C)c2cc(CC(C)N)ccc21. The fourth-order valence-corrected chi connectivity index (χ4v) is 2.69. The van der Waals surface area contributed by atoms with E-state index in [0.29, 0.717) is 0 Å². The van der Waals surface area contributed by atoms with E-state index < -0.39 is 5.41 Å². The van der Waals surface area contributed by atoms with Gasteiger partial charge in [-0.05, 0) is 51.3 Å². The third-order valence-electron chi connectivity index (χ3n) is 3.68. The first kappa shape index (κ1) is 13.1. The number of nitrogens with two attached hydrogens (primary N) is 1. The average Bonchev–Trinajstić information content (AvgIpc) is 2.47. The molecule has 2 N–H and O–H groups in total. The molecule has 0 fully saturated rings. The lowest BCUT2D eigenvalue weighted by atomic mass is 9.85. The Morgan fingerprint density at radius 1 is 1.39 bits per heavy atom. The highest BCUT2D eigenvalue weighted by Gasteiger charge is 2.43. The second-order valence-electron chi connectivity index (χ2n) is 5.71. The van der Waals surface area contributed by atoms with Crippen LogP contribution >= 0.6 is 0 Å². The molecule has 0 radical (unpaired) electrons. The summed E-state index contributed by atoms with van der Waals surface area (Å²) in [6.45, 7) is 8.74. The zero-order valence-corrected chi connectivity index (χ0v) is 11.7. The van der Waals surface area contributed by atoms with Crippen molar-refractivity contribution in [2.45, 2.75) is 45.6 Å². The first-order valence-corrected chi connectivity index (χ1v) is 6.59. The van der Waals surface area contributed by atoms with Crippen LogP contribution < -0.4 is 10.6 Å². The Morgan fingerprint density at radius 2 is 2.06 bits per heavy atom. The minimum Gasteiger partial charge on any atom is -0.328 e. The van der Waals surface area contributed by atoms with Crippen LogP contribution in [-0.2, 0) is 16.6 Å². The quantitative estimate of drug-likeness (QED) is 0.889. The zero-order chi connectivity index (χ0) is 13.5. The Balaban J connectivity index is 2.47. The molecule has 98 valence electrons. The summed E-state index contributed by atoms with van der Waals surface area (Å²) in [5, 5.41) is 0. The van der Waals surface area contributed by atoms with Crippen molar-refractivity contribution >= 4 is 11.6 Å². The summed E-state index contributed by atoms with van der Waals surface area (Å²) in [5.74, 6) is 0.193. The number of carbonyl (C=O) groups excluding carboxylic acids is 1. The van der Waals surface area contributed by atoms with E-state index in [1.54, 1.807) is 0 Å². The largest absolute Gasteiger partial charge is 0.328 e. The molecule has 1 heterocycles. The third-order valence-corrected chi connectivity index (χ3v) is 3.68. The van der Waals surface area contributed by atoms with Gasteiger partial charge in [-0.2, -0.15) is 0 Å². The Kier molecular flexibility index (Phi) is 3.20. The normalized spacial score (nSPS) is 18.9. The molecule has 0 saturated carbocycles. The molecule has 0 aromatic heterocycles. The van der Waals surface area contributed by atoms with Crippen molar-refractivity contribution in [3.8, 4) is 0 Å². The highest BCUT2D eigenvalue weighted by Crippen LogP contribution is 2.41. The van der Waals surface area contributed by atoms with Gasteiger partial charge in [0.2, 0.25) is 5.91 Å². The second kappa shape index (κ2) is 4.39. The Hall–Kier alpha value is -1.35. The van der Waals surface area contributed by atoms with Crippen LogP contribution in [0.3, 0.4) is 0 Å². The van der Waals surface area contributed by atoms with Gasteiger partial charge in [0.1, 0.15) is 0 Å². The molecule has 1 aliphatic heterocycles. The predicted octanol–water partition coefficient (Wildman–Crippen LogP) is 2.22. The summed E-state index contributed by atoms with van der Waals surface area (Å²) in [5.41, 5.74) is 8.82. The molecule has 18 heavy (non-hydrogen) atoms. The number of fused-ring (bicyclic) bond motifs is 1. The van der Waals surface area contributed by atoms with Gasteiger partial charge in [0.15, 0.2) is 0 Å². The number of anilines is 1. The average molecular weight is 246 g/mol. The van der Waals surface area contributed by atoms with Crippen LogP contribution in [0.5, 0.6) is 0 Å². The summed E-state index contributed by atoms with van der Waals surface area (Å²) in [4.78, 5) is 14.2. The highest BCUT2D eigenvalue weighted by molar-refractivity contribution is 6.07. The molecular weight excluding hydrogens is 224 g/mol. The molecule has 0 spiro atoms. The molecular formula is C15H22N2O. The number of carbonyl (C=O) groups is 1.